The Bertz CT molecular complexity index is 671. The van der Waals surface area contributed by atoms with Crippen molar-refractivity contribution < 1.29 is 14.7 Å². The molecule has 7 heteroatoms. The van der Waals surface area contributed by atoms with Crippen molar-refractivity contribution in [3.63, 3.8) is 0 Å². The van der Waals surface area contributed by atoms with E-state index < -0.39 is 5.54 Å². The lowest BCUT2D eigenvalue weighted by Crippen LogP contribution is -2.58. The van der Waals surface area contributed by atoms with E-state index in [0.717, 1.165) is 0 Å². The van der Waals surface area contributed by atoms with E-state index in [0.29, 0.717) is 38.2 Å². The second-order valence-electron chi connectivity index (χ2n) is 8.10. The molecule has 148 valence electrons. The van der Waals surface area contributed by atoms with Gasteiger partial charge in [-0.2, -0.15) is 0 Å². The first-order chi connectivity index (χ1) is 12.9. The van der Waals surface area contributed by atoms with Gasteiger partial charge in [0.05, 0.1) is 18.8 Å². The number of hydrogen-bond donors (Lipinski definition) is 1. The number of amides is 3. The molecule has 1 spiro atoms. The van der Waals surface area contributed by atoms with Gasteiger partial charge in [-0.3, -0.25) is 19.6 Å². The number of pyridine rings is 1. The number of rotatable bonds is 6. The standard InChI is InChI=1S/C20H30N4O3/c1-15(2)12-24-19(27)23(13-17-6-4-5-9-21-17)18(26)20(24)7-10-22(11-8-20)16(3)14-25/h4-6,9,15-16,25H,7-8,10-14H2,1-3H3. The van der Waals surface area contributed by atoms with Gasteiger partial charge >= 0.3 is 6.03 Å². The minimum Gasteiger partial charge on any atom is -0.395 e. The lowest BCUT2D eigenvalue weighted by atomic mass is 9.85. The summed E-state index contributed by atoms with van der Waals surface area (Å²) < 4.78 is 0. The van der Waals surface area contributed by atoms with E-state index in [2.05, 4.69) is 23.7 Å². The van der Waals surface area contributed by atoms with Crippen molar-refractivity contribution in [3.05, 3.63) is 30.1 Å². The number of carbonyl (C=O) groups excluding carboxylic acids is 2. The molecule has 1 aromatic rings. The average Bonchev–Trinajstić information content (AvgIpc) is 2.85. The molecule has 2 fully saturated rings. The van der Waals surface area contributed by atoms with Crippen molar-refractivity contribution in [2.45, 2.75) is 51.7 Å². The highest BCUT2D eigenvalue weighted by Crippen LogP contribution is 2.38. The third-order valence-corrected chi connectivity index (χ3v) is 5.73. The summed E-state index contributed by atoms with van der Waals surface area (Å²) in [7, 11) is 0. The number of hydrogen-bond acceptors (Lipinski definition) is 5. The Kier molecular flexibility index (Phi) is 5.81. The molecule has 3 heterocycles. The van der Waals surface area contributed by atoms with Gasteiger partial charge in [0.15, 0.2) is 0 Å². The largest absolute Gasteiger partial charge is 0.395 e. The number of imide groups is 1. The first-order valence-corrected chi connectivity index (χ1v) is 9.77. The minimum absolute atomic E-state index is 0.0673. The highest BCUT2D eigenvalue weighted by atomic mass is 16.3. The summed E-state index contributed by atoms with van der Waals surface area (Å²) in [5.74, 6) is 0.179. The molecular weight excluding hydrogens is 344 g/mol. The van der Waals surface area contributed by atoms with Crippen LogP contribution in [0.5, 0.6) is 0 Å². The van der Waals surface area contributed by atoms with E-state index in [1.807, 2.05) is 25.1 Å². The molecule has 0 bridgehead atoms. The van der Waals surface area contributed by atoms with Gasteiger partial charge in [0.25, 0.3) is 5.91 Å². The molecule has 0 aliphatic carbocycles. The number of likely N-dealkylation sites (tertiary alicyclic amines) is 1. The summed E-state index contributed by atoms with van der Waals surface area (Å²) in [5, 5.41) is 9.43. The molecule has 2 aliphatic rings. The summed E-state index contributed by atoms with van der Waals surface area (Å²) >= 11 is 0. The highest BCUT2D eigenvalue weighted by Gasteiger charge is 2.58. The number of carbonyl (C=O) groups is 2. The fourth-order valence-electron chi connectivity index (χ4n) is 4.13. The molecule has 3 rings (SSSR count). The lowest BCUT2D eigenvalue weighted by Gasteiger charge is -2.44. The molecule has 0 radical (unpaired) electrons. The molecule has 1 aromatic heterocycles. The monoisotopic (exact) mass is 374 g/mol. The number of urea groups is 1. The molecule has 0 saturated carbocycles. The molecule has 2 aliphatic heterocycles. The van der Waals surface area contributed by atoms with Crippen molar-refractivity contribution in [1.82, 2.24) is 19.7 Å². The van der Waals surface area contributed by atoms with E-state index in [9.17, 15) is 14.7 Å². The molecule has 0 aromatic carbocycles. The number of aliphatic hydroxyl groups excluding tert-OH is 1. The number of aliphatic hydroxyl groups is 1. The van der Waals surface area contributed by atoms with E-state index in [1.165, 1.54) is 4.90 Å². The Morgan fingerprint density at radius 2 is 1.89 bits per heavy atom. The van der Waals surface area contributed by atoms with E-state index in [1.54, 1.807) is 11.1 Å². The fourth-order valence-corrected chi connectivity index (χ4v) is 4.13. The average molecular weight is 374 g/mol. The summed E-state index contributed by atoms with van der Waals surface area (Å²) in [6.45, 7) is 8.40. The zero-order valence-corrected chi connectivity index (χ0v) is 16.5. The Morgan fingerprint density at radius 1 is 1.19 bits per heavy atom. The number of aromatic nitrogens is 1. The van der Waals surface area contributed by atoms with Crippen molar-refractivity contribution >= 4 is 11.9 Å². The first-order valence-electron chi connectivity index (χ1n) is 9.77. The lowest BCUT2D eigenvalue weighted by molar-refractivity contribution is -0.136. The Morgan fingerprint density at radius 3 is 2.44 bits per heavy atom. The molecule has 7 nitrogen and oxygen atoms in total. The van der Waals surface area contributed by atoms with Gasteiger partial charge < -0.3 is 10.0 Å². The van der Waals surface area contributed by atoms with Crippen LogP contribution in [-0.2, 0) is 11.3 Å². The van der Waals surface area contributed by atoms with Crippen molar-refractivity contribution in [2.75, 3.05) is 26.2 Å². The second kappa shape index (κ2) is 7.94. The van der Waals surface area contributed by atoms with E-state index >= 15 is 0 Å². The van der Waals surface area contributed by atoms with Crippen LogP contribution in [0, 0.1) is 5.92 Å². The summed E-state index contributed by atoms with van der Waals surface area (Å²) in [6.07, 6.45) is 2.89. The molecule has 27 heavy (non-hydrogen) atoms. The maximum absolute atomic E-state index is 13.4. The maximum atomic E-state index is 13.4. The second-order valence-corrected chi connectivity index (χ2v) is 8.10. The Balaban J connectivity index is 1.84. The Hall–Kier alpha value is -1.99. The highest BCUT2D eigenvalue weighted by molar-refractivity contribution is 6.07. The van der Waals surface area contributed by atoms with Crippen LogP contribution in [0.3, 0.4) is 0 Å². The predicted octanol–water partition coefficient (Wildman–Crippen LogP) is 1.72. The summed E-state index contributed by atoms with van der Waals surface area (Å²) in [6, 6.07) is 5.38. The predicted molar refractivity (Wildman–Crippen MR) is 102 cm³/mol. The van der Waals surface area contributed by atoms with Gasteiger partial charge in [0, 0.05) is 31.9 Å². The quantitative estimate of drug-likeness (QED) is 0.767. The zero-order chi connectivity index (χ0) is 19.6. The zero-order valence-electron chi connectivity index (χ0n) is 16.5. The minimum atomic E-state index is -0.762. The van der Waals surface area contributed by atoms with Crippen LogP contribution in [0.25, 0.3) is 0 Å². The normalized spacial score (nSPS) is 21.5. The number of nitrogens with zero attached hydrogens (tertiary/aromatic N) is 4. The third kappa shape index (κ3) is 3.71. The van der Waals surface area contributed by atoms with Gasteiger partial charge in [0.2, 0.25) is 0 Å². The van der Waals surface area contributed by atoms with Gasteiger partial charge in [-0.1, -0.05) is 19.9 Å². The van der Waals surface area contributed by atoms with E-state index in [4.69, 9.17) is 0 Å². The van der Waals surface area contributed by atoms with Gasteiger partial charge in [0.1, 0.15) is 5.54 Å². The SMILES string of the molecule is CC(C)CN1C(=O)N(Cc2ccccn2)C(=O)C12CCN(C(C)CO)CC2. The van der Waals surface area contributed by atoms with Gasteiger partial charge in [-0.15, -0.1) is 0 Å². The van der Waals surface area contributed by atoms with Crippen LogP contribution in [0.15, 0.2) is 24.4 Å². The number of piperidine rings is 1. The topological polar surface area (TPSA) is 77.0 Å². The van der Waals surface area contributed by atoms with Gasteiger partial charge in [-0.05, 0) is 37.8 Å². The smallest absolute Gasteiger partial charge is 0.328 e. The van der Waals surface area contributed by atoms with Crippen molar-refractivity contribution in [3.8, 4) is 0 Å². The van der Waals surface area contributed by atoms with Crippen molar-refractivity contribution in [1.29, 1.82) is 0 Å². The van der Waals surface area contributed by atoms with Crippen LogP contribution < -0.4 is 0 Å². The van der Waals surface area contributed by atoms with Crippen LogP contribution in [-0.4, -0.2) is 74.6 Å². The molecule has 1 unspecified atom stereocenters. The summed E-state index contributed by atoms with van der Waals surface area (Å²) in [4.78, 5) is 36.2. The third-order valence-electron chi connectivity index (χ3n) is 5.73. The molecule has 1 atom stereocenters. The molecule has 2 saturated heterocycles. The van der Waals surface area contributed by atoms with Crippen molar-refractivity contribution in [2.24, 2.45) is 5.92 Å². The fraction of sp³-hybridized carbons (Fsp3) is 0.650. The van der Waals surface area contributed by atoms with Crippen LogP contribution in [0.2, 0.25) is 0 Å². The molecule has 3 amide bonds. The molecule has 1 N–H and O–H groups in total. The van der Waals surface area contributed by atoms with Gasteiger partial charge in [-0.25, -0.2) is 4.79 Å². The first kappa shape index (κ1) is 19.8. The maximum Gasteiger partial charge on any atom is 0.328 e. The van der Waals surface area contributed by atoms with Crippen LogP contribution in [0.1, 0.15) is 39.3 Å². The van der Waals surface area contributed by atoms with Crippen LogP contribution >= 0.6 is 0 Å². The van der Waals surface area contributed by atoms with E-state index in [-0.39, 0.29) is 37.0 Å². The Labute approximate surface area is 161 Å². The van der Waals surface area contributed by atoms with Crippen LogP contribution in [0.4, 0.5) is 4.79 Å². The summed E-state index contributed by atoms with van der Waals surface area (Å²) in [5.41, 5.74) is -0.0472. The molecular formula is C20H30N4O3.